The maximum atomic E-state index is 5.59. The molecule has 1 aromatic rings. The van der Waals surface area contributed by atoms with Gasteiger partial charge in [-0.1, -0.05) is 20.8 Å². The smallest absolute Gasteiger partial charge is 0.185 e. The number of nitrogens with one attached hydrogen (secondary N) is 1. The van der Waals surface area contributed by atoms with Gasteiger partial charge in [-0.3, -0.25) is 0 Å². The molecule has 0 saturated carbocycles. The number of aryl methyl sites for hydroxylation is 1. The second kappa shape index (κ2) is 6.87. The molecule has 0 bridgehead atoms. The van der Waals surface area contributed by atoms with Crippen LogP contribution in [0.3, 0.4) is 0 Å². The fourth-order valence-electron chi connectivity index (χ4n) is 2.52. The van der Waals surface area contributed by atoms with E-state index in [2.05, 4.69) is 37.9 Å². The zero-order valence-electron chi connectivity index (χ0n) is 13.3. The Balaban J connectivity index is 2.04. The normalized spacial score (nSPS) is 23.6. The lowest BCUT2D eigenvalue weighted by atomic mass is 9.96. The molecule has 20 heavy (non-hydrogen) atoms. The number of thiazole rings is 1. The third kappa shape index (κ3) is 3.71. The fraction of sp³-hybridized carbons (Fsp3) is 0.800. The van der Waals surface area contributed by atoms with Gasteiger partial charge in [0.25, 0.3) is 0 Å². The van der Waals surface area contributed by atoms with Crippen LogP contribution in [0.1, 0.15) is 37.8 Å². The summed E-state index contributed by atoms with van der Waals surface area (Å²) in [5, 5.41) is 4.62. The molecule has 2 rings (SSSR count). The Hall–Kier alpha value is -0.650. The SMILES string of the molecule is COC1CN(c2nc(C)c(CNC(C)C)s2)CCC1C. The van der Waals surface area contributed by atoms with E-state index >= 15 is 0 Å². The minimum Gasteiger partial charge on any atom is -0.379 e. The number of aromatic nitrogens is 1. The highest BCUT2D eigenvalue weighted by Crippen LogP contribution is 2.30. The first kappa shape index (κ1) is 15.7. The molecule has 0 aliphatic carbocycles. The Bertz CT molecular complexity index is 433. The van der Waals surface area contributed by atoms with E-state index in [1.54, 1.807) is 0 Å². The third-order valence-electron chi connectivity index (χ3n) is 4.01. The maximum absolute atomic E-state index is 5.59. The predicted octanol–water partition coefficient (Wildman–Crippen LogP) is 2.81. The molecular weight excluding hydrogens is 270 g/mol. The second-order valence-electron chi connectivity index (χ2n) is 6.03. The van der Waals surface area contributed by atoms with Crippen LogP contribution in [0.4, 0.5) is 5.13 Å². The van der Waals surface area contributed by atoms with Crippen LogP contribution < -0.4 is 10.2 Å². The number of ether oxygens (including phenoxy) is 1. The molecule has 114 valence electrons. The Morgan fingerprint density at radius 3 is 2.90 bits per heavy atom. The first-order valence-electron chi connectivity index (χ1n) is 7.48. The van der Waals surface area contributed by atoms with Gasteiger partial charge in [0, 0.05) is 37.7 Å². The van der Waals surface area contributed by atoms with Gasteiger partial charge in [-0.25, -0.2) is 4.98 Å². The van der Waals surface area contributed by atoms with Crippen molar-refractivity contribution in [3.8, 4) is 0 Å². The van der Waals surface area contributed by atoms with Crippen molar-refractivity contribution in [3.63, 3.8) is 0 Å². The summed E-state index contributed by atoms with van der Waals surface area (Å²) in [6.45, 7) is 11.7. The van der Waals surface area contributed by atoms with Gasteiger partial charge in [-0.05, 0) is 19.3 Å². The van der Waals surface area contributed by atoms with Crippen LogP contribution in [-0.4, -0.2) is 37.3 Å². The predicted molar refractivity (Wildman–Crippen MR) is 85.6 cm³/mol. The molecule has 2 atom stereocenters. The summed E-state index contributed by atoms with van der Waals surface area (Å²) in [6.07, 6.45) is 1.50. The van der Waals surface area contributed by atoms with Crippen LogP contribution in [0.2, 0.25) is 0 Å². The van der Waals surface area contributed by atoms with E-state index < -0.39 is 0 Å². The van der Waals surface area contributed by atoms with E-state index in [4.69, 9.17) is 9.72 Å². The average Bonchev–Trinajstić information content (AvgIpc) is 2.78. The summed E-state index contributed by atoms with van der Waals surface area (Å²) >= 11 is 1.82. The van der Waals surface area contributed by atoms with Crippen LogP contribution in [0, 0.1) is 12.8 Å². The standard InChI is InChI=1S/C15H27N3OS/c1-10(2)16-8-14-12(4)17-15(20-14)18-7-6-11(3)13(9-18)19-5/h10-11,13,16H,6-9H2,1-5H3. The molecule has 2 heterocycles. The van der Waals surface area contributed by atoms with Gasteiger partial charge in [0.1, 0.15) is 0 Å². The Labute approximate surface area is 126 Å². The van der Waals surface area contributed by atoms with Crippen molar-refractivity contribution in [2.45, 2.75) is 52.8 Å². The monoisotopic (exact) mass is 297 g/mol. The third-order valence-corrected chi connectivity index (χ3v) is 5.23. The minimum atomic E-state index is 0.324. The molecule has 1 aliphatic rings. The summed E-state index contributed by atoms with van der Waals surface area (Å²) < 4.78 is 5.59. The van der Waals surface area contributed by atoms with Gasteiger partial charge in [0.15, 0.2) is 5.13 Å². The van der Waals surface area contributed by atoms with Crippen LogP contribution in [-0.2, 0) is 11.3 Å². The molecular formula is C15H27N3OS. The molecule has 2 unspecified atom stereocenters. The first-order chi connectivity index (χ1) is 9.51. The second-order valence-corrected chi connectivity index (χ2v) is 7.09. The van der Waals surface area contributed by atoms with Gasteiger partial charge in [0.05, 0.1) is 11.8 Å². The van der Waals surface area contributed by atoms with Crippen LogP contribution in [0.25, 0.3) is 0 Å². The number of hydrogen-bond donors (Lipinski definition) is 1. The Morgan fingerprint density at radius 1 is 1.50 bits per heavy atom. The molecule has 0 aromatic carbocycles. The molecule has 1 N–H and O–H groups in total. The maximum Gasteiger partial charge on any atom is 0.185 e. The van der Waals surface area contributed by atoms with E-state index in [0.717, 1.165) is 30.5 Å². The van der Waals surface area contributed by atoms with E-state index in [-0.39, 0.29) is 0 Å². The molecule has 0 radical (unpaired) electrons. The largest absolute Gasteiger partial charge is 0.379 e. The quantitative estimate of drug-likeness (QED) is 0.907. The van der Waals surface area contributed by atoms with Crippen molar-refractivity contribution in [2.75, 3.05) is 25.1 Å². The fourth-order valence-corrected chi connectivity index (χ4v) is 3.57. The number of piperidine rings is 1. The van der Waals surface area contributed by atoms with E-state index in [1.807, 2.05) is 18.4 Å². The lowest BCUT2D eigenvalue weighted by Gasteiger charge is -2.36. The highest BCUT2D eigenvalue weighted by atomic mass is 32.1. The zero-order valence-corrected chi connectivity index (χ0v) is 14.1. The van der Waals surface area contributed by atoms with Crippen LogP contribution in [0.15, 0.2) is 0 Å². The molecule has 0 spiro atoms. The summed E-state index contributed by atoms with van der Waals surface area (Å²) in [4.78, 5) is 8.48. The van der Waals surface area contributed by atoms with Crippen molar-refractivity contribution in [3.05, 3.63) is 10.6 Å². The van der Waals surface area contributed by atoms with Crippen molar-refractivity contribution >= 4 is 16.5 Å². The van der Waals surface area contributed by atoms with Crippen LogP contribution in [0.5, 0.6) is 0 Å². The van der Waals surface area contributed by atoms with E-state index in [0.29, 0.717) is 18.1 Å². The average molecular weight is 297 g/mol. The summed E-state index contributed by atoms with van der Waals surface area (Å²) in [7, 11) is 1.82. The van der Waals surface area contributed by atoms with Gasteiger partial charge >= 0.3 is 0 Å². The number of anilines is 1. The number of hydrogen-bond acceptors (Lipinski definition) is 5. The molecule has 0 amide bonds. The lowest BCUT2D eigenvalue weighted by molar-refractivity contribution is 0.0498. The topological polar surface area (TPSA) is 37.4 Å². The highest BCUT2D eigenvalue weighted by Gasteiger charge is 2.27. The number of nitrogens with zero attached hydrogens (tertiary/aromatic N) is 2. The van der Waals surface area contributed by atoms with Gasteiger partial charge in [0.2, 0.25) is 0 Å². The molecule has 1 aromatic heterocycles. The zero-order chi connectivity index (χ0) is 14.7. The molecule has 1 saturated heterocycles. The number of methoxy groups -OCH3 is 1. The summed E-state index contributed by atoms with van der Waals surface area (Å²) in [6, 6.07) is 0.508. The van der Waals surface area contributed by atoms with Gasteiger partial charge in [-0.15, -0.1) is 11.3 Å². The lowest BCUT2D eigenvalue weighted by Crippen LogP contribution is -2.43. The molecule has 1 fully saturated rings. The van der Waals surface area contributed by atoms with Crippen molar-refractivity contribution in [1.82, 2.24) is 10.3 Å². The highest BCUT2D eigenvalue weighted by molar-refractivity contribution is 7.15. The summed E-state index contributed by atoms with van der Waals surface area (Å²) in [5.41, 5.74) is 1.16. The Morgan fingerprint density at radius 2 is 2.25 bits per heavy atom. The van der Waals surface area contributed by atoms with E-state index in [1.165, 1.54) is 11.3 Å². The van der Waals surface area contributed by atoms with Crippen molar-refractivity contribution in [2.24, 2.45) is 5.92 Å². The minimum absolute atomic E-state index is 0.324. The number of rotatable bonds is 5. The van der Waals surface area contributed by atoms with Gasteiger partial charge < -0.3 is 15.0 Å². The van der Waals surface area contributed by atoms with Crippen LogP contribution >= 0.6 is 11.3 Å². The molecule has 5 heteroatoms. The first-order valence-corrected chi connectivity index (χ1v) is 8.30. The van der Waals surface area contributed by atoms with Crippen molar-refractivity contribution in [1.29, 1.82) is 0 Å². The molecule has 1 aliphatic heterocycles. The van der Waals surface area contributed by atoms with E-state index in [9.17, 15) is 0 Å². The van der Waals surface area contributed by atoms with Crippen molar-refractivity contribution < 1.29 is 4.74 Å². The molecule has 4 nitrogen and oxygen atoms in total. The van der Waals surface area contributed by atoms with Gasteiger partial charge in [-0.2, -0.15) is 0 Å². The Kier molecular flexibility index (Phi) is 5.41. The summed E-state index contributed by atoms with van der Waals surface area (Å²) in [5.74, 6) is 0.638.